The molecule has 0 spiro atoms. The predicted octanol–water partition coefficient (Wildman–Crippen LogP) is 4.16. The molecule has 1 aromatic carbocycles. The summed E-state index contributed by atoms with van der Waals surface area (Å²) in [7, 11) is 0. The molecular formula is C16H16FN3O. The minimum absolute atomic E-state index is 0.256. The first-order valence-corrected chi connectivity index (χ1v) is 6.95. The van der Waals surface area contributed by atoms with Gasteiger partial charge in [0.2, 0.25) is 0 Å². The molecule has 5 heteroatoms. The lowest BCUT2D eigenvalue weighted by Crippen LogP contribution is -2.04. The number of benzene rings is 1. The Morgan fingerprint density at radius 1 is 1.24 bits per heavy atom. The van der Waals surface area contributed by atoms with Gasteiger partial charge in [0.1, 0.15) is 17.3 Å². The van der Waals surface area contributed by atoms with Crippen molar-refractivity contribution in [2.75, 3.05) is 11.9 Å². The second kappa shape index (κ2) is 5.52. The number of nitrogens with one attached hydrogen (secondary N) is 1. The maximum absolute atomic E-state index is 13.7. The molecule has 0 saturated heterocycles. The average molecular weight is 285 g/mol. The van der Waals surface area contributed by atoms with E-state index in [0.29, 0.717) is 17.3 Å². The molecule has 0 aliphatic heterocycles. The van der Waals surface area contributed by atoms with Crippen molar-refractivity contribution in [3.63, 3.8) is 0 Å². The number of nitrogens with zero attached hydrogens (tertiary/aromatic N) is 2. The van der Waals surface area contributed by atoms with E-state index in [9.17, 15) is 4.39 Å². The van der Waals surface area contributed by atoms with Gasteiger partial charge in [-0.25, -0.2) is 14.4 Å². The van der Waals surface area contributed by atoms with Gasteiger partial charge in [-0.1, -0.05) is 19.1 Å². The lowest BCUT2D eigenvalue weighted by atomic mass is 10.2. The SMILES string of the molecule is CCCNc1cc(-c2cc3cccc(F)c3o2)nc(C)n1. The largest absolute Gasteiger partial charge is 0.451 e. The summed E-state index contributed by atoms with van der Waals surface area (Å²) in [5, 5.41) is 3.95. The lowest BCUT2D eigenvalue weighted by Gasteiger charge is -2.06. The van der Waals surface area contributed by atoms with Crippen LogP contribution in [0, 0.1) is 12.7 Å². The molecule has 0 aliphatic rings. The minimum Gasteiger partial charge on any atom is -0.451 e. The number of fused-ring (bicyclic) bond motifs is 1. The summed E-state index contributed by atoms with van der Waals surface area (Å²) >= 11 is 0. The van der Waals surface area contributed by atoms with Crippen LogP contribution in [0.1, 0.15) is 19.2 Å². The number of rotatable bonds is 4. The second-order valence-electron chi connectivity index (χ2n) is 4.88. The highest BCUT2D eigenvalue weighted by atomic mass is 19.1. The fraction of sp³-hybridized carbons (Fsp3) is 0.250. The molecule has 3 rings (SSSR count). The average Bonchev–Trinajstić information content (AvgIpc) is 2.90. The summed E-state index contributed by atoms with van der Waals surface area (Å²) in [6, 6.07) is 8.48. The Bertz CT molecular complexity index is 782. The maximum Gasteiger partial charge on any atom is 0.170 e. The minimum atomic E-state index is -0.367. The first-order valence-electron chi connectivity index (χ1n) is 6.95. The van der Waals surface area contributed by atoms with Gasteiger partial charge >= 0.3 is 0 Å². The van der Waals surface area contributed by atoms with E-state index in [0.717, 1.165) is 24.2 Å². The second-order valence-corrected chi connectivity index (χ2v) is 4.88. The Hall–Kier alpha value is -2.43. The molecule has 0 saturated carbocycles. The topological polar surface area (TPSA) is 51.0 Å². The summed E-state index contributed by atoms with van der Waals surface area (Å²) in [6.45, 7) is 4.75. The highest BCUT2D eigenvalue weighted by Gasteiger charge is 2.12. The van der Waals surface area contributed by atoms with Crippen molar-refractivity contribution in [3.8, 4) is 11.5 Å². The van der Waals surface area contributed by atoms with Crippen LogP contribution in [0.2, 0.25) is 0 Å². The number of hydrogen-bond donors (Lipinski definition) is 1. The lowest BCUT2D eigenvalue weighted by molar-refractivity contribution is 0.567. The zero-order valence-corrected chi connectivity index (χ0v) is 12.0. The molecule has 21 heavy (non-hydrogen) atoms. The smallest absolute Gasteiger partial charge is 0.170 e. The highest BCUT2D eigenvalue weighted by molar-refractivity contribution is 5.82. The quantitative estimate of drug-likeness (QED) is 0.782. The Kier molecular flexibility index (Phi) is 3.56. The predicted molar refractivity (Wildman–Crippen MR) is 80.7 cm³/mol. The standard InChI is InChI=1S/C16H16FN3O/c1-3-7-18-15-9-13(19-10(2)20-15)14-8-11-5-4-6-12(17)16(11)21-14/h4-6,8-9H,3,7H2,1-2H3,(H,18,19,20). The summed E-state index contributed by atoms with van der Waals surface area (Å²) in [4.78, 5) is 8.70. The fourth-order valence-corrected chi connectivity index (χ4v) is 2.19. The van der Waals surface area contributed by atoms with Crippen LogP contribution in [0.4, 0.5) is 10.2 Å². The van der Waals surface area contributed by atoms with Gasteiger partial charge in [0.05, 0.1) is 0 Å². The van der Waals surface area contributed by atoms with Gasteiger partial charge in [0, 0.05) is 18.0 Å². The van der Waals surface area contributed by atoms with E-state index in [1.807, 2.05) is 19.1 Å². The van der Waals surface area contributed by atoms with E-state index in [1.54, 1.807) is 12.1 Å². The Morgan fingerprint density at radius 2 is 2.10 bits per heavy atom. The van der Waals surface area contributed by atoms with E-state index in [1.165, 1.54) is 6.07 Å². The van der Waals surface area contributed by atoms with Crippen molar-refractivity contribution in [2.24, 2.45) is 0 Å². The van der Waals surface area contributed by atoms with E-state index in [2.05, 4.69) is 22.2 Å². The van der Waals surface area contributed by atoms with Crippen LogP contribution in [0.25, 0.3) is 22.4 Å². The van der Waals surface area contributed by atoms with E-state index >= 15 is 0 Å². The first kappa shape index (κ1) is 13.5. The zero-order chi connectivity index (χ0) is 14.8. The maximum atomic E-state index is 13.7. The van der Waals surface area contributed by atoms with E-state index in [-0.39, 0.29) is 11.4 Å². The number of aryl methyl sites for hydroxylation is 1. The molecule has 0 amide bonds. The summed E-state index contributed by atoms with van der Waals surface area (Å²) in [5.74, 6) is 1.57. The van der Waals surface area contributed by atoms with E-state index in [4.69, 9.17) is 4.42 Å². The van der Waals surface area contributed by atoms with Crippen LogP contribution in [-0.4, -0.2) is 16.5 Å². The number of aromatic nitrogens is 2. The molecule has 2 aromatic heterocycles. The fourth-order valence-electron chi connectivity index (χ4n) is 2.19. The van der Waals surface area contributed by atoms with Crippen molar-refractivity contribution in [3.05, 3.63) is 42.0 Å². The molecule has 0 bridgehead atoms. The number of furan rings is 1. The molecule has 0 aliphatic carbocycles. The molecule has 2 heterocycles. The Morgan fingerprint density at radius 3 is 2.86 bits per heavy atom. The van der Waals surface area contributed by atoms with Gasteiger partial charge in [-0.3, -0.25) is 0 Å². The molecule has 0 radical (unpaired) electrons. The van der Waals surface area contributed by atoms with E-state index < -0.39 is 0 Å². The number of para-hydroxylation sites is 1. The van der Waals surface area contributed by atoms with Gasteiger partial charge in [-0.15, -0.1) is 0 Å². The molecule has 3 aromatic rings. The molecule has 1 N–H and O–H groups in total. The molecule has 0 atom stereocenters. The Balaban J connectivity index is 2.05. The molecular weight excluding hydrogens is 269 g/mol. The van der Waals surface area contributed by atoms with Gasteiger partial charge in [-0.2, -0.15) is 0 Å². The van der Waals surface area contributed by atoms with Crippen molar-refractivity contribution in [1.29, 1.82) is 0 Å². The molecule has 0 unspecified atom stereocenters. The molecule has 4 nitrogen and oxygen atoms in total. The van der Waals surface area contributed by atoms with Gasteiger partial charge < -0.3 is 9.73 Å². The van der Waals surface area contributed by atoms with Crippen LogP contribution in [-0.2, 0) is 0 Å². The summed E-state index contributed by atoms with van der Waals surface area (Å²) in [5.41, 5.74) is 0.906. The van der Waals surface area contributed by atoms with Gasteiger partial charge in [0.25, 0.3) is 0 Å². The van der Waals surface area contributed by atoms with Crippen LogP contribution in [0.5, 0.6) is 0 Å². The van der Waals surface area contributed by atoms with Crippen LogP contribution in [0.3, 0.4) is 0 Å². The third-order valence-corrected chi connectivity index (χ3v) is 3.14. The van der Waals surface area contributed by atoms with Crippen LogP contribution < -0.4 is 5.32 Å². The monoisotopic (exact) mass is 285 g/mol. The van der Waals surface area contributed by atoms with Crippen molar-refractivity contribution in [2.45, 2.75) is 20.3 Å². The Labute approximate surface area is 122 Å². The zero-order valence-electron chi connectivity index (χ0n) is 12.0. The molecule has 108 valence electrons. The summed E-state index contributed by atoms with van der Waals surface area (Å²) in [6.07, 6.45) is 1.01. The third-order valence-electron chi connectivity index (χ3n) is 3.14. The number of anilines is 1. The number of hydrogen-bond acceptors (Lipinski definition) is 4. The first-order chi connectivity index (χ1) is 10.2. The molecule has 0 fully saturated rings. The number of halogens is 1. The van der Waals surface area contributed by atoms with Crippen LogP contribution >= 0.6 is 0 Å². The third kappa shape index (κ3) is 2.72. The normalized spacial score (nSPS) is 11.0. The van der Waals surface area contributed by atoms with Gasteiger partial charge in [0.15, 0.2) is 17.2 Å². The van der Waals surface area contributed by atoms with Crippen molar-refractivity contribution in [1.82, 2.24) is 9.97 Å². The van der Waals surface area contributed by atoms with Gasteiger partial charge in [-0.05, 0) is 25.5 Å². The van der Waals surface area contributed by atoms with Crippen molar-refractivity contribution < 1.29 is 8.81 Å². The van der Waals surface area contributed by atoms with Crippen molar-refractivity contribution >= 4 is 16.8 Å². The van der Waals surface area contributed by atoms with Crippen LogP contribution in [0.15, 0.2) is 34.7 Å². The summed E-state index contributed by atoms with van der Waals surface area (Å²) < 4.78 is 19.3. The highest BCUT2D eigenvalue weighted by Crippen LogP contribution is 2.29.